The number of alkyl halides is 3. The van der Waals surface area contributed by atoms with Gasteiger partial charge in [-0.1, -0.05) is 13.0 Å². The molecule has 3 aromatic heterocycles. The van der Waals surface area contributed by atoms with Crippen molar-refractivity contribution < 1.29 is 18.0 Å². The molecule has 1 spiro atoms. The zero-order chi connectivity index (χ0) is 33.6. The van der Waals surface area contributed by atoms with Gasteiger partial charge >= 0.3 is 6.18 Å². The number of nitrogens with zero attached hydrogens (tertiary/aromatic N) is 6. The van der Waals surface area contributed by atoms with Gasteiger partial charge in [0.25, 0.3) is 0 Å². The van der Waals surface area contributed by atoms with Crippen LogP contribution in [0.1, 0.15) is 73.0 Å². The van der Waals surface area contributed by atoms with Crippen LogP contribution in [-0.2, 0) is 24.3 Å². The maximum Gasteiger partial charge on any atom is 0.393 e. The number of amides is 1. The Hall–Kier alpha value is -3.69. The molecular formula is C36H40F3N7OS. The fraction of sp³-hybridized carbons (Fsp3) is 0.556. The lowest BCUT2D eigenvalue weighted by Gasteiger charge is -2.70. The average molecular weight is 676 g/mol. The lowest BCUT2D eigenvalue weighted by Crippen LogP contribution is -2.75. The maximum atomic E-state index is 13.1. The number of nitrogens with one attached hydrogen (secondary N) is 1. The Balaban J connectivity index is 0.959. The Morgan fingerprint density at radius 2 is 1.85 bits per heavy atom. The lowest BCUT2D eigenvalue weighted by atomic mass is 9.39. The maximum absolute atomic E-state index is 13.1. The zero-order valence-electron chi connectivity index (χ0n) is 27.6. The molecule has 252 valence electrons. The lowest BCUT2D eigenvalue weighted by molar-refractivity contribution is -0.171. The van der Waals surface area contributed by atoms with Crippen molar-refractivity contribution in [3.63, 3.8) is 0 Å². The van der Waals surface area contributed by atoms with Crippen LogP contribution in [0.2, 0.25) is 0 Å². The summed E-state index contributed by atoms with van der Waals surface area (Å²) in [4.78, 5) is 26.8. The number of benzene rings is 1. The summed E-state index contributed by atoms with van der Waals surface area (Å²) >= 11 is 1.11. The SMILES string of the molecule is CCC(=O)NC12CC(Cn3c(C#N)cc4c(C)c(CN5CCC6(CCN(c7nc(C)nc8sc(CC(F)(F)F)cc78)C6)C5)ccc43)(C1)C2. The smallest absolute Gasteiger partial charge is 0.355 e. The number of nitriles is 1. The molecule has 3 aliphatic carbocycles. The predicted octanol–water partition coefficient (Wildman–Crippen LogP) is 6.79. The van der Waals surface area contributed by atoms with Gasteiger partial charge in [-0.15, -0.1) is 11.3 Å². The molecule has 1 N–H and O–H groups in total. The summed E-state index contributed by atoms with van der Waals surface area (Å²) < 4.78 is 41.6. The van der Waals surface area contributed by atoms with E-state index in [1.807, 2.05) is 19.9 Å². The summed E-state index contributed by atoms with van der Waals surface area (Å²) in [6.45, 7) is 11.1. The standard InChI is InChI=1S/C36H40F3N7OS/c1-4-30(47)43-35-16-34(17-35,18-35)21-46-25(14-40)11-27-22(2)24(5-6-29(27)46)15-44-9-7-33(19-44)8-10-45(20-33)31-28-12-26(13-36(37,38)39)48-32(28)42-23(3)41-31/h5-6,11-12H,4,7-10,13,15-21H2,1-3H3,(H,43,47). The van der Waals surface area contributed by atoms with Gasteiger partial charge in [-0.3, -0.25) is 9.69 Å². The number of hydrogen-bond donors (Lipinski definition) is 1. The van der Waals surface area contributed by atoms with Crippen molar-refractivity contribution in [1.82, 2.24) is 24.8 Å². The topological polar surface area (TPSA) is 90.1 Å². The monoisotopic (exact) mass is 675 g/mol. The number of thiophene rings is 1. The van der Waals surface area contributed by atoms with Gasteiger partial charge in [0.05, 0.1) is 11.8 Å². The molecule has 5 aliphatic rings. The Morgan fingerprint density at radius 3 is 2.58 bits per heavy atom. The quantitative estimate of drug-likeness (QED) is 0.221. The molecular weight excluding hydrogens is 636 g/mol. The predicted molar refractivity (Wildman–Crippen MR) is 180 cm³/mol. The van der Waals surface area contributed by atoms with Crippen molar-refractivity contribution in [2.45, 2.75) is 90.5 Å². The first-order valence-corrected chi connectivity index (χ1v) is 17.8. The van der Waals surface area contributed by atoms with E-state index in [-0.39, 0.29) is 27.2 Å². The van der Waals surface area contributed by atoms with Crippen molar-refractivity contribution in [3.05, 3.63) is 51.8 Å². The highest BCUT2D eigenvalue weighted by molar-refractivity contribution is 7.18. The number of rotatable bonds is 8. The van der Waals surface area contributed by atoms with Crippen LogP contribution >= 0.6 is 11.3 Å². The van der Waals surface area contributed by atoms with Gasteiger partial charge in [0.2, 0.25) is 5.91 Å². The number of hydrogen-bond acceptors (Lipinski definition) is 7. The normalized spacial score (nSPS) is 26.7. The van der Waals surface area contributed by atoms with Crippen LogP contribution in [0, 0.1) is 36.0 Å². The molecule has 1 atom stereocenters. The second-order valence-electron chi connectivity index (χ2n) is 15.2. The molecule has 0 radical (unpaired) electrons. The summed E-state index contributed by atoms with van der Waals surface area (Å²) in [5.41, 5.74) is 4.53. The summed E-state index contributed by atoms with van der Waals surface area (Å²) in [6.07, 6.45) is 0.340. The summed E-state index contributed by atoms with van der Waals surface area (Å²) in [6, 6.07) is 10.5. The first kappa shape index (κ1) is 31.6. The number of carbonyl (C=O) groups is 1. The van der Waals surface area contributed by atoms with Crippen LogP contribution in [0.5, 0.6) is 0 Å². The first-order chi connectivity index (χ1) is 22.8. The van der Waals surface area contributed by atoms with Crippen LogP contribution < -0.4 is 10.2 Å². The first-order valence-electron chi connectivity index (χ1n) is 16.9. The summed E-state index contributed by atoms with van der Waals surface area (Å²) in [5, 5.41) is 15.1. The van der Waals surface area contributed by atoms with Gasteiger partial charge in [-0.25, -0.2) is 9.97 Å². The van der Waals surface area contributed by atoms with Gasteiger partial charge in [0, 0.05) is 65.9 Å². The van der Waals surface area contributed by atoms with Crippen LogP contribution in [0.25, 0.3) is 21.1 Å². The van der Waals surface area contributed by atoms with E-state index < -0.39 is 12.6 Å². The molecule has 48 heavy (non-hydrogen) atoms. The number of anilines is 1. The van der Waals surface area contributed by atoms with Gasteiger partial charge in [0.1, 0.15) is 28.2 Å². The molecule has 2 bridgehead atoms. The van der Waals surface area contributed by atoms with E-state index in [2.05, 4.69) is 49.8 Å². The summed E-state index contributed by atoms with van der Waals surface area (Å²) in [5.74, 6) is 1.46. The Kier molecular flexibility index (Phi) is 7.17. The summed E-state index contributed by atoms with van der Waals surface area (Å²) in [7, 11) is 0. The van der Waals surface area contributed by atoms with E-state index in [9.17, 15) is 23.2 Å². The number of halogens is 3. The third-order valence-electron chi connectivity index (χ3n) is 11.5. The number of aryl methyl sites for hydroxylation is 2. The largest absolute Gasteiger partial charge is 0.393 e. The minimum atomic E-state index is -4.26. The fourth-order valence-corrected chi connectivity index (χ4v) is 10.5. The molecule has 3 saturated carbocycles. The molecule has 2 saturated heterocycles. The van der Waals surface area contributed by atoms with Crippen molar-refractivity contribution in [2.75, 3.05) is 31.1 Å². The van der Waals surface area contributed by atoms with Crippen molar-refractivity contribution >= 4 is 44.2 Å². The Labute approximate surface area is 281 Å². The molecule has 1 amide bonds. The van der Waals surface area contributed by atoms with Gasteiger partial charge in [0.15, 0.2) is 0 Å². The highest BCUT2D eigenvalue weighted by atomic mass is 32.1. The highest BCUT2D eigenvalue weighted by Gasteiger charge is 2.68. The van der Waals surface area contributed by atoms with E-state index in [0.29, 0.717) is 22.8 Å². The van der Waals surface area contributed by atoms with E-state index in [0.717, 1.165) is 105 Å². The van der Waals surface area contributed by atoms with Crippen molar-refractivity contribution in [2.24, 2.45) is 10.8 Å². The van der Waals surface area contributed by atoms with E-state index in [1.165, 1.54) is 11.1 Å². The van der Waals surface area contributed by atoms with E-state index in [1.54, 1.807) is 6.07 Å². The van der Waals surface area contributed by atoms with Crippen LogP contribution in [0.3, 0.4) is 0 Å². The zero-order valence-corrected chi connectivity index (χ0v) is 28.5. The molecule has 9 rings (SSSR count). The Morgan fingerprint density at radius 1 is 1.08 bits per heavy atom. The molecule has 5 heterocycles. The van der Waals surface area contributed by atoms with Crippen LogP contribution in [0.15, 0.2) is 24.3 Å². The second-order valence-corrected chi connectivity index (χ2v) is 16.3. The molecule has 8 nitrogen and oxygen atoms in total. The third-order valence-corrected chi connectivity index (χ3v) is 12.5. The van der Waals surface area contributed by atoms with Gasteiger partial charge < -0.3 is 14.8 Å². The number of fused-ring (bicyclic) bond motifs is 2. The van der Waals surface area contributed by atoms with E-state index >= 15 is 0 Å². The highest BCUT2D eigenvalue weighted by Crippen LogP contribution is 2.68. The number of aromatic nitrogens is 3. The number of carbonyl (C=O) groups excluding carboxylic acids is 1. The molecule has 4 aromatic rings. The van der Waals surface area contributed by atoms with Crippen LogP contribution in [-0.4, -0.2) is 63.2 Å². The van der Waals surface area contributed by atoms with Crippen molar-refractivity contribution in [3.8, 4) is 6.07 Å². The minimum Gasteiger partial charge on any atom is -0.355 e. The number of likely N-dealkylation sites (tertiary alicyclic amines) is 1. The van der Waals surface area contributed by atoms with Gasteiger partial charge in [-0.2, -0.15) is 18.4 Å². The second kappa shape index (κ2) is 10.9. The molecule has 2 aliphatic heterocycles. The Bertz CT molecular complexity index is 1990. The van der Waals surface area contributed by atoms with Crippen molar-refractivity contribution in [1.29, 1.82) is 5.26 Å². The van der Waals surface area contributed by atoms with Crippen LogP contribution in [0.4, 0.5) is 19.0 Å². The van der Waals surface area contributed by atoms with Gasteiger partial charge in [-0.05, 0) is 87.2 Å². The fourth-order valence-electron chi connectivity index (χ4n) is 9.41. The molecule has 12 heteroatoms. The van der Waals surface area contributed by atoms with E-state index in [4.69, 9.17) is 4.98 Å². The molecule has 5 fully saturated rings. The molecule has 1 aromatic carbocycles. The minimum absolute atomic E-state index is 0.0284. The average Bonchev–Trinajstić information content (AvgIpc) is 3.77. The third kappa shape index (κ3) is 5.34. The molecule has 1 unspecified atom stereocenters.